The quantitative estimate of drug-likeness (QED) is 0.772. The smallest absolute Gasteiger partial charge is 0.251 e. The monoisotopic (exact) mass is 239 g/mol. The van der Waals surface area contributed by atoms with Gasteiger partial charge < -0.3 is 10.4 Å². The van der Waals surface area contributed by atoms with Crippen LogP contribution in [0.1, 0.15) is 35.7 Å². The van der Waals surface area contributed by atoms with E-state index in [1.165, 1.54) is 18.2 Å². The van der Waals surface area contributed by atoms with E-state index < -0.39 is 0 Å². The Morgan fingerprint density at radius 3 is 2.82 bits per heavy atom. The minimum absolute atomic E-state index is 0.210. The molecule has 1 unspecified atom stereocenters. The van der Waals surface area contributed by atoms with E-state index in [1.54, 1.807) is 13.8 Å². The summed E-state index contributed by atoms with van der Waals surface area (Å²) in [5.41, 5.74) is 0.919. The molecule has 0 bridgehead atoms. The van der Waals surface area contributed by atoms with Gasteiger partial charge in [0.15, 0.2) is 0 Å². The van der Waals surface area contributed by atoms with Crippen LogP contribution in [-0.4, -0.2) is 23.7 Å². The Labute approximate surface area is 101 Å². The van der Waals surface area contributed by atoms with Crippen LogP contribution >= 0.6 is 0 Å². The number of nitrogens with one attached hydrogen (secondary N) is 1. The second-order valence-corrected chi connectivity index (χ2v) is 4.21. The average Bonchev–Trinajstić information content (AvgIpc) is 2.27. The maximum Gasteiger partial charge on any atom is 0.251 e. The van der Waals surface area contributed by atoms with Gasteiger partial charge in [-0.3, -0.25) is 4.79 Å². The number of aryl methyl sites for hydroxylation is 1. The van der Waals surface area contributed by atoms with Gasteiger partial charge in [0.05, 0.1) is 6.10 Å². The second-order valence-electron chi connectivity index (χ2n) is 4.21. The summed E-state index contributed by atoms with van der Waals surface area (Å²) in [4.78, 5) is 11.7. The number of carbonyl (C=O) groups excluding carboxylic acids is 1. The standard InChI is InChI=1S/C13H18FNO2/c1-9-8-11(5-6-12(9)14)13(17)15-7-3-4-10(2)16/h5-6,8,10,16H,3-4,7H2,1-2H3,(H,15,17). The van der Waals surface area contributed by atoms with E-state index in [-0.39, 0.29) is 17.8 Å². The lowest BCUT2D eigenvalue weighted by molar-refractivity contribution is 0.0949. The van der Waals surface area contributed by atoms with Crippen molar-refractivity contribution in [3.05, 3.63) is 35.1 Å². The molecule has 0 aliphatic carbocycles. The summed E-state index contributed by atoms with van der Waals surface area (Å²) in [5, 5.41) is 11.8. The molecule has 0 aliphatic rings. The van der Waals surface area contributed by atoms with Crippen LogP contribution in [0.25, 0.3) is 0 Å². The number of hydrogen-bond donors (Lipinski definition) is 2. The molecular weight excluding hydrogens is 221 g/mol. The molecule has 4 heteroatoms. The summed E-state index contributed by atoms with van der Waals surface area (Å²) in [6.07, 6.45) is 1.03. The van der Waals surface area contributed by atoms with Gasteiger partial charge in [-0.15, -0.1) is 0 Å². The van der Waals surface area contributed by atoms with E-state index in [0.717, 1.165) is 6.42 Å². The predicted octanol–water partition coefficient (Wildman–Crippen LogP) is 2.02. The predicted molar refractivity (Wildman–Crippen MR) is 64.4 cm³/mol. The van der Waals surface area contributed by atoms with Crippen molar-refractivity contribution < 1.29 is 14.3 Å². The van der Waals surface area contributed by atoms with E-state index in [9.17, 15) is 9.18 Å². The maximum atomic E-state index is 13.0. The van der Waals surface area contributed by atoms with E-state index in [4.69, 9.17) is 5.11 Å². The first-order valence-corrected chi connectivity index (χ1v) is 5.73. The highest BCUT2D eigenvalue weighted by Crippen LogP contribution is 2.09. The molecule has 17 heavy (non-hydrogen) atoms. The number of aliphatic hydroxyl groups is 1. The summed E-state index contributed by atoms with van der Waals surface area (Å²) in [6.45, 7) is 3.85. The molecule has 1 amide bonds. The SMILES string of the molecule is Cc1cc(C(=O)NCCCC(C)O)ccc1F. The molecule has 1 atom stereocenters. The molecule has 0 spiro atoms. The molecule has 0 saturated heterocycles. The van der Waals surface area contributed by atoms with Gasteiger partial charge in [0.2, 0.25) is 0 Å². The van der Waals surface area contributed by atoms with Crippen LogP contribution in [0.5, 0.6) is 0 Å². The van der Waals surface area contributed by atoms with Gasteiger partial charge in [0.1, 0.15) is 5.82 Å². The number of amides is 1. The van der Waals surface area contributed by atoms with E-state index in [1.807, 2.05) is 0 Å². The Bertz CT molecular complexity index is 391. The number of halogens is 1. The molecule has 0 saturated carbocycles. The van der Waals surface area contributed by atoms with Crippen molar-refractivity contribution in [1.82, 2.24) is 5.32 Å². The first kappa shape index (κ1) is 13.6. The third-order valence-electron chi connectivity index (χ3n) is 2.50. The van der Waals surface area contributed by atoms with Gasteiger partial charge in [0, 0.05) is 12.1 Å². The Morgan fingerprint density at radius 1 is 1.53 bits per heavy atom. The Kier molecular flexibility index (Phi) is 5.10. The zero-order chi connectivity index (χ0) is 12.8. The molecule has 3 nitrogen and oxygen atoms in total. The van der Waals surface area contributed by atoms with Crippen molar-refractivity contribution in [3.8, 4) is 0 Å². The minimum atomic E-state index is -0.347. The molecule has 1 aromatic rings. The number of hydrogen-bond acceptors (Lipinski definition) is 2. The molecule has 0 aromatic heterocycles. The first-order chi connectivity index (χ1) is 8.00. The van der Waals surface area contributed by atoms with Crippen molar-refractivity contribution in [2.45, 2.75) is 32.8 Å². The molecule has 0 radical (unpaired) electrons. The normalized spacial score (nSPS) is 12.2. The lowest BCUT2D eigenvalue weighted by Crippen LogP contribution is -2.25. The maximum absolute atomic E-state index is 13.0. The summed E-state index contributed by atoms with van der Waals surface area (Å²) < 4.78 is 13.0. The Balaban J connectivity index is 2.44. The zero-order valence-corrected chi connectivity index (χ0v) is 10.2. The molecule has 2 N–H and O–H groups in total. The Hall–Kier alpha value is -1.42. The van der Waals surface area contributed by atoms with Crippen LogP contribution in [0, 0.1) is 12.7 Å². The first-order valence-electron chi connectivity index (χ1n) is 5.73. The van der Waals surface area contributed by atoms with Crippen LogP contribution in [-0.2, 0) is 0 Å². The van der Waals surface area contributed by atoms with Crippen LogP contribution in [0.15, 0.2) is 18.2 Å². The highest BCUT2D eigenvalue weighted by atomic mass is 19.1. The van der Waals surface area contributed by atoms with Gasteiger partial charge in [0.25, 0.3) is 5.91 Å². The van der Waals surface area contributed by atoms with E-state index in [0.29, 0.717) is 24.1 Å². The van der Waals surface area contributed by atoms with Gasteiger partial charge in [-0.25, -0.2) is 4.39 Å². The van der Waals surface area contributed by atoms with Gasteiger partial charge in [-0.2, -0.15) is 0 Å². The fourth-order valence-electron chi connectivity index (χ4n) is 1.49. The van der Waals surface area contributed by atoms with Crippen LogP contribution in [0.4, 0.5) is 4.39 Å². The summed E-state index contributed by atoms with van der Waals surface area (Å²) in [6, 6.07) is 4.28. The summed E-state index contributed by atoms with van der Waals surface area (Å²) >= 11 is 0. The molecular formula is C13H18FNO2. The molecule has 0 heterocycles. The number of carbonyl (C=O) groups is 1. The van der Waals surface area contributed by atoms with Gasteiger partial charge in [-0.05, 0) is 50.5 Å². The fourth-order valence-corrected chi connectivity index (χ4v) is 1.49. The lowest BCUT2D eigenvalue weighted by Gasteiger charge is -2.07. The Morgan fingerprint density at radius 2 is 2.24 bits per heavy atom. The molecule has 1 rings (SSSR count). The largest absolute Gasteiger partial charge is 0.393 e. The van der Waals surface area contributed by atoms with E-state index in [2.05, 4.69) is 5.32 Å². The van der Waals surface area contributed by atoms with Crippen molar-refractivity contribution in [3.63, 3.8) is 0 Å². The minimum Gasteiger partial charge on any atom is -0.393 e. The second kappa shape index (κ2) is 6.35. The van der Waals surface area contributed by atoms with Gasteiger partial charge >= 0.3 is 0 Å². The summed E-state index contributed by atoms with van der Waals surface area (Å²) in [7, 11) is 0. The van der Waals surface area contributed by atoms with Crippen LogP contribution in [0.2, 0.25) is 0 Å². The number of aliphatic hydroxyl groups excluding tert-OH is 1. The third kappa shape index (κ3) is 4.53. The number of benzene rings is 1. The molecule has 94 valence electrons. The number of rotatable bonds is 5. The topological polar surface area (TPSA) is 49.3 Å². The van der Waals surface area contributed by atoms with E-state index >= 15 is 0 Å². The molecule has 1 aromatic carbocycles. The highest BCUT2D eigenvalue weighted by molar-refractivity contribution is 5.94. The average molecular weight is 239 g/mol. The highest BCUT2D eigenvalue weighted by Gasteiger charge is 2.07. The fraction of sp³-hybridized carbons (Fsp3) is 0.462. The van der Waals surface area contributed by atoms with Crippen LogP contribution in [0.3, 0.4) is 0 Å². The van der Waals surface area contributed by atoms with Crippen LogP contribution < -0.4 is 5.32 Å². The third-order valence-corrected chi connectivity index (χ3v) is 2.50. The summed E-state index contributed by atoms with van der Waals surface area (Å²) in [5.74, 6) is -0.519. The zero-order valence-electron chi connectivity index (χ0n) is 10.2. The van der Waals surface area contributed by atoms with Crippen molar-refractivity contribution in [2.75, 3.05) is 6.54 Å². The lowest BCUT2D eigenvalue weighted by atomic mass is 10.1. The molecule has 0 aliphatic heterocycles. The van der Waals surface area contributed by atoms with Crippen molar-refractivity contribution >= 4 is 5.91 Å². The van der Waals surface area contributed by atoms with Crippen molar-refractivity contribution in [1.29, 1.82) is 0 Å². The van der Waals surface area contributed by atoms with Crippen molar-refractivity contribution in [2.24, 2.45) is 0 Å². The molecule has 0 fully saturated rings. The van der Waals surface area contributed by atoms with Gasteiger partial charge in [-0.1, -0.05) is 0 Å².